The Labute approximate surface area is 129 Å². The minimum atomic E-state index is -0.164. The van der Waals surface area contributed by atoms with Crippen LogP contribution in [-0.4, -0.2) is 59.6 Å². The number of likely N-dealkylation sites (N-methyl/N-ethyl adjacent to an activating group) is 1. The average molecular weight is 319 g/mol. The van der Waals surface area contributed by atoms with Gasteiger partial charge in [-0.2, -0.15) is 0 Å². The molecule has 112 valence electrons. The van der Waals surface area contributed by atoms with Gasteiger partial charge in [-0.05, 0) is 26.1 Å². The number of rotatable bonds is 6. The molecule has 0 N–H and O–H groups in total. The van der Waals surface area contributed by atoms with Crippen LogP contribution in [0.1, 0.15) is 24.2 Å². The molecule has 0 atom stereocenters. The van der Waals surface area contributed by atoms with Crippen LogP contribution in [-0.2, 0) is 0 Å². The Bertz CT molecular complexity index is 466. The quantitative estimate of drug-likeness (QED) is 0.808. The minimum Gasteiger partial charge on any atom is -0.337 e. The molecular weight excluding hydrogens is 299 g/mol. The molecule has 20 heavy (non-hydrogen) atoms. The van der Waals surface area contributed by atoms with E-state index in [-0.39, 0.29) is 16.2 Å². The fraction of sp³-hybridized carbons (Fsp3) is 0.615. The summed E-state index contributed by atoms with van der Waals surface area (Å²) in [5.41, 5.74) is 0.297. The molecule has 0 saturated heterocycles. The van der Waals surface area contributed by atoms with Crippen LogP contribution in [0.15, 0.2) is 6.07 Å². The second-order valence-electron chi connectivity index (χ2n) is 5.32. The topological polar surface area (TPSA) is 49.3 Å². The second-order valence-corrected chi connectivity index (χ2v) is 6.07. The summed E-state index contributed by atoms with van der Waals surface area (Å²) < 4.78 is 0. The van der Waals surface area contributed by atoms with Crippen LogP contribution in [0.5, 0.6) is 0 Å². The SMILES string of the molecule is CC(C)CN(CCN(C)C)C(=O)c1cc(Cl)nnc1Cl. The van der Waals surface area contributed by atoms with Crippen molar-refractivity contribution in [1.82, 2.24) is 20.0 Å². The van der Waals surface area contributed by atoms with Gasteiger partial charge in [-0.15, -0.1) is 10.2 Å². The van der Waals surface area contributed by atoms with E-state index in [4.69, 9.17) is 23.2 Å². The lowest BCUT2D eigenvalue weighted by Crippen LogP contribution is -2.39. The van der Waals surface area contributed by atoms with E-state index in [1.165, 1.54) is 6.07 Å². The molecule has 1 aromatic heterocycles. The van der Waals surface area contributed by atoms with Crippen molar-refractivity contribution in [3.05, 3.63) is 21.9 Å². The van der Waals surface area contributed by atoms with E-state index >= 15 is 0 Å². The van der Waals surface area contributed by atoms with Gasteiger partial charge >= 0.3 is 0 Å². The number of halogens is 2. The van der Waals surface area contributed by atoms with E-state index in [1.807, 2.05) is 19.0 Å². The van der Waals surface area contributed by atoms with Gasteiger partial charge in [0.05, 0.1) is 5.56 Å². The van der Waals surface area contributed by atoms with Gasteiger partial charge in [0.25, 0.3) is 5.91 Å². The third-order valence-electron chi connectivity index (χ3n) is 2.64. The zero-order valence-corrected chi connectivity index (χ0v) is 13.7. The lowest BCUT2D eigenvalue weighted by Gasteiger charge is -2.26. The summed E-state index contributed by atoms with van der Waals surface area (Å²) in [5.74, 6) is 0.201. The molecule has 0 aromatic carbocycles. The highest BCUT2D eigenvalue weighted by atomic mass is 35.5. The maximum atomic E-state index is 12.6. The largest absolute Gasteiger partial charge is 0.337 e. The van der Waals surface area contributed by atoms with Gasteiger partial charge in [0.1, 0.15) is 0 Å². The Balaban J connectivity index is 2.93. The maximum Gasteiger partial charge on any atom is 0.257 e. The normalized spacial score (nSPS) is 11.2. The fourth-order valence-electron chi connectivity index (χ4n) is 1.71. The van der Waals surface area contributed by atoms with Crippen LogP contribution in [0.4, 0.5) is 0 Å². The molecule has 1 heterocycles. The second kappa shape index (κ2) is 7.76. The van der Waals surface area contributed by atoms with E-state index in [0.29, 0.717) is 24.6 Å². The molecule has 5 nitrogen and oxygen atoms in total. The zero-order valence-electron chi connectivity index (χ0n) is 12.2. The van der Waals surface area contributed by atoms with E-state index in [2.05, 4.69) is 24.0 Å². The van der Waals surface area contributed by atoms with Gasteiger partial charge in [0.2, 0.25) is 0 Å². The molecule has 1 rings (SSSR count). The monoisotopic (exact) mass is 318 g/mol. The number of carbonyl (C=O) groups excluding carboxylic acids is 1. The lowest BCUT2D eigenvalue weighted by atomic mass is 10.2. The first kappa shape index (κ1) is 17.1. The van der Waals surface area contributed by atoms with Crippen LogP contribution >= 0.6 is 23.2 Å². The summed E-state index contributed by atoms with van der Waals surface area (Å²) in [6.07, 6.45) is 0. The molecule has 0 saturated carbocycles. The molecule has 7 heteroatoms. The Hall–Kier alpha value is -0.910. The predicted molar refractivity (Wildman–Crippen MR) is 81.3 cm³/mol. The average Bonchev–Trinajstić information content (AvgIpc) is 2.36. The van der Waals surface area contributed by atoms with E-state index in [1.54, 1.807) is 4.90 Å². The van der Waals surface area contributed by atoms with Crippen LogP contribution in [0.3, 0.4) is 0 Å². The third-order valence-corrected chi connectivity index (χ3v) is 3.10. The smallest absolute Gasteiger partial charge is 0.257 e. The van der Waals surface area contributed by atoms with Crippen LogP contribution < -0.4 is 0 Å². The first-order valence-corrected chi connectivity index (χ1v) is 7.19. The van der Waals surface area contributed by atoms with Crippen molar-refractivity contribution >= 4 is 29.1 Å². The first-order valence-electron chi connectivity index (χ1n) is 6.44. The lowest BCUT2D eigenvalue weighted by molar-refractivity contribution is 0.0724. The van der Waals surface area contributed by atoms with Gasteiger partial charge in [-0.1, -0.05) is 37.0 Å². The fourth-order valence-corrected chi connectivity index (χ4v) is 2.03. The van der Waals surface area contributed by atoms with Crippen molar-refractivity contribution in [2.45, 2.75) is 13.8 Å². The van der Waals surface area contributed by atoms with E-state index in [0.717, 1.165) is 6.54 Å². The number of nitrogens with zero attached hydrogens (tertiary/aromatic N) is 4. The molecule has 1 aromatic rings. The summed E-state index contributed by atoms with van der Waals surface area (Å²) in [4.78, 5) is 16.4. The summed E-state index contributed by atoms with van der Waals surface area (Å²) in [6, 6.07) is 1.46. The summed E-state index contributed by atoms with van der Waals surface area (Å²) in [5, 5.41) is 7.55. The summed E-state index contributed by atoms with van der Waals surface area (Å²) in [6.45, 7) is 6.19. The van der Waals surface area contributed by atoms with Crippen molar-refractivity contribution in [2.24, 2.45) is 5.92 Å². The maximum absolute atomic E-state index is 12.6. The molecule has 0 aliphatic carbocycles. The first-order chi connectivity index (χ1) is 9.31. The number of carbonyl (C=O) groups is 1. The Morgan fingerprint density at radius 3 is 2.45 bits per heavy atom. The molecule has 0 spiro atoms. The van der Waals surface area contributed by atoms with Gasteiger partial charge in [-0.25, -0.2) is 0 Å². The van der Waals surface area contributed by atoms with Crippen molar-refractivity contribution in [3.8, 4) is 0 Å². The van der Waals surface area contributed by atoms with Gasteiger partial charge in [0, 0.05) is 19.6 Å². The molecule has 1 amide bonds. The molecule has 0 aliphatic heterocycles. The van der Waals surface area contributed by atoms with Gasteiger partial charge in [0.15, 0.2) is 10.3 Å². The Kier molecular flexibility index (Phi) is 6.65. The highest BCUT2D eigenvalue weighted by Gasteiger charge is 2.21. The number of hydrogen-bond donors (Lipinski definition) is 0. The van der Waals surface area contributed by atoms with Gasteiger partial charge < -0.3 is 9.80 Å². The molecule has 0 unspecified atom stereocenters. The minimum absolute atomic E-state index is 0.0815. The summed E-state index contributed by atoms with van der Waals surface area (Å²) >= 11 is 11.7. The van der Waals surface area contributed by atoms with Crippen molar-refractivity contribution in [3.63, 3.8) is 0 Å². The number of hydrogen-bond acceptors (Lipinski definition) is 4. The van der Waals surface area contributed by atoms with Crippen molar-refractivity contribution < 1.29 is 4.79 Å². The summed E-state index contributed by atoms with van der Waals surface area (Å²) in [7, 11) is 3.94. The van der Waals surface area contributed by atoms with Crippen LogP contribution in [0, 0.1) is 5.92 Å². The molecule has 0 aliphatic rings. The van der Waals surface area contributed by atoms with Crippen molar-refractivity contribution in [1.29, 1.82) is 0 Å². The highest BCUT2D eigenvalue weighted by molar-refractivity contribution is 6.34. The molecule has 0 fully saturated rings. The molecular formula is C13H20Cl2N4O. The molecule has 0 bridgehead atoms. The Morgan fingerprint density at radius 1 is 1.25 bits per heavy atom. The zero-order chi connectivity index (χ0) is 15.3. The van der Waals surface area contributed by atoms with E-state index in [9.17, 15) is 4.79 Å². The molecule has 0 radical (unpaired) electrons. The number of amides is 1. The number of aromatic nitrogens is 2. The van der Waals surface area contributed by atoms with Crippen LogP contribution in [0.25, 0.3) is 0 Å². The van der Waals surface area contributed by atoms with Crippen molar-refractivity contribution in [2.75, 3.05) is 33.7 Å². The predicted octanol–water partition coefficient (Wildman–Crippen LogP) is 2.44. The standard InChI is InChI=1S/C13H20Cl2N4O/c1-9(2)8-19(6-5-18(3)4)13(20)10-7-11(14)16-17-12(10)15/h7,9H,5-6,8H2,1-4H3. The third kappa shape index (κ3) is 5.23. The van der Waals surface area contributed by atoms with E-state index < -0.39 is 0 Å². The van der Waals surface area contributed by atoms with Crippen LogP contribution in [0.2, 0.25) is 10.3 Å². The Morgan fingerprint density at radius 2 is 1.90 bits per heavy atom. The highest BCUT2D eigenvalue weighted by Crippen LogP contribution is 2.18. The van der Waals surface area contributed by atoms with Gasteiger partial charge in [-0.3, -0.25) is 4.79 Å².